The third-order valence-corrected chi connectivity index (χ3v) is 11.3. The van der Waals surface area contributed by atoms with Gasteiger partial charge >= 0.3 is 53.0 Å². The van der Waals surface area contributed by atoms with E-state index in [4.69, 9.17) is 19.5 Å². The summed E-state index contributed by atoms with van der Waals surface area (Å²) < 4.78 is 61.9. The number of imidazole rings is 1. The topological polar surface area (TPSA) is 404 Å². The van der Waals surface area contributed by atoms with Gasteiger partial charge in [-0.15, -0.1) is 0 Å². The van der Waals surface area contributed by atoms with Crippen LogP contribution in [-0.2, 0) is 55.5 Å². The van der Waals surface area contributed by atoms with Gasteiger partial charge < -0.3 is 60.8 Å². The van der Waals surface area contributed by atoms with Gasteiger partial charge in [-0.3, -0.25) is 32.5 Å². The van der Waals surface area contributed by atoms with Gasteiger partial charge in [0.15, 0.2) is 22.8 Å². The first kappa shape index (κ1) is 50.2. The number of aromatic nitrogens is 4. The molecule has 1 aliphatic rings. The molecule has 7 atom stereocenters. The first-order chi connectivity index (χ1) is 25.4. The fourth-order valence-electron chi connectivity index (χ4n) is 4.57. The molecule has 56 heavy (non-hydrogen) atoms. The van der Waals surface area contributed by atoms with Gasteiger partial charge in [-0.1, -0.05) is 25.6 Å². The third-order valence-electron chi connectivity index (χ3n) is 7.30. The molecule has 0 aromatic carbocycles. The monoisotopic (exact) mass is 889 g/mol. The number of nitrogen functional groups attached to an aromatic ring is 1. The van der Waals surface area contributed by atoms with Crippen molar-refractivity contribution in [1.29, 1.82) is 0 Å². The second kappa shape index (κ2) is 21.3. The molecule has 26 nitrogen and oxygen atoms in total. The number of fused-ring (bicyclic) bond motifs is 1. The molecule has 2 amide bonds. The molecule has 0 bridgehead atoms. The molecule has 310 valence electrons. The van der Waals surface area contributed by atoms with Crippen LogP contribution in [0.25, 0.3) is 11.2 Å². The van der Waals surface area contributed by atoms with Gasteiger partial charge in [0.1, 0.15) is 36.3 Å². The fourth-order valence-corrected chi connectivity index (χ4v) is 8.08. The summed E-state index contributed by atoms with van der Waals surface area (Å²) in [4.78, 5) is 97.2. The number of nitrogens with zero attached hydrogens (tertiary/aromatic N) is 4. The molecule has 31 heteroatoms. The van der Waals surface area contributed by atoms with Gasteiger partial charge in [-0.25, -0.2) is 28.6 Å². The molecule has 1 fully saturated rings. The van der Waals surface area contributed by atoms with Crippen LogP contribution in [0.5, 0.6) is 0 Å². The predicted molar refractivity (Wildman–Crippen MR) is 181 cm³/mol. The number of aliphatic carboxylic acids is 1. The Kier molecular flexibility index (Phi) is 19.1. The van der Waals surface area contributed by atoms with Crippen LogP contribution in [0.1, 0.15) is 39.3 Å². The number of hydrogen-bond acceptors (Lipinski definition) is 20. The number of carbonyl (C=O) groups is 4. The zero-order valence-electron chi connectivity index (χ0n) is 29.8. The van der Waals surface area contributed by atoms with E-state index in [1.807, 2.05) is 0 Å². The van der Waals surface area contributed by atoms with Gasteiger partial charge in [-0.05, 0) is 6.42 Å². The average molecular weight is 890 g/mol. The van der Waals surface area contributed by atoms with E-state index in [1.54, 1.807) is 0 Å². The van der Waals surface area contributed by atoms with E-state index in [0.717, 1.165) is 29.0 Å². The number of anilines is 1. The third kappa shape index (κ3) is 15.7. The van der Waals surface area contributed by atoms with E-state index in [0.29, 0.717) is 0 Å². The molecule has 0 saturated carbocycles. The summed E-state index contributed by atoms with van der Waals surface area (Å²) in [5.41, 5.74) is 4.19. The molecular weight excluding hydrogens is 850 g/mol. The normalized spacial score (nSPS) is 21.4. The zero-order valence-corrected chi connectivity index (χ0v) is 35.3. The SMILES string of the molecule is CC(C)(COP(=O)(O)OP(=O)(O)OCC1OC(n2cnc3c(N)ncnc32)C(O)C1OP(=O)(O)O)C(O)C(=O)NCCC(=O)NCCSC(=O)CCC(=O)[O-].[Na+]. The average Bonchev–Trinajstić information content (AvgIpc) is 3.63. The van der Waals surface area contributed by atoms with Gasteiger partial charge in [0.2, 0.25) is 11.8 Å². The minimum Gasteiger partial charge on any atom is -0.550 e. The molecule has 2 aromatic rings. The van der Waals surface area contributed by atoms with Crippen LogP contribution in [0.4, 0.5) is 5.82 Å². The van der Waals surface area contributed by atoms with E-state index in [1.165, 1.54) is 13.8 Å². The number of aliphatic hydroxyl groups is 2. The van der Waals surface area contributed by atoms with Crippen molar-refractivity contribution < 1.29 is 120 Å². The Morgan fingerprint density at radius 3 is 2.34 bits per heavy atom. The Hall–Kier alpha value is -1.97. The maximum absolute atomic E-state index is 12.6. The molecule has 0 radical (unpaired) electrons. The molecule has 7 unspecified atom stereocenters. The van der Waals surface area contributed by atoms with E-state index in [9.17, 15) is 67.8 Å². The van der Waals surface area contributed by atoms with E-state index >= 15 is 0 Å². The summed E-state index contributed by atoms with van der Waals surface area (Å²) >= 11 is 0.821. The Morgan fingerprint density at radius 2 is 1.70 bits per heavy atom. The van der Waals surface area contributed by atoms with Crippen LogP contribution in [0.15, 0.2) is 12.7 Å². The maximum Gasteiger partial charge on any atom is 1.00 e. The summed E-state index contributed by atoms with van der Waals surface area (Å²) in [6.45, 7) is 0.178. The van der Waals surface area contributed by atoms with Crippen molar-refractivity contribution in [2.75, 3.05) is 37.8 Å². The zero-order chi connectivity index (χ0) is 41.4. The van der Waals surface area contributed by atoms with E-state index in [-0.39, 0.29) is 78.2 Å². The molecule has 0 aliphatic carbocycles. The minimum absolute atomic E-state index is 0. The summed E-state index contributed by atoms with van der Waals surface area (Å²) in [5, 5.41) is 36.1. The Labute approximate surface area is 343 Å². The number of phosphoric acid groups is 3. The molecule has 1 aliphatic heterocycles. The molecule has 1 saturated heterocycles. The van der Waals surface area contributed by atoms with Crippen LogP contribution in [0.2, 0.25) is 0 Å². The van der Waals surface area contributed by atoms with Crippen molar-refractivity contribution in [2.24, 2.45) is 5.41 Å². The molecule has 2 aromatic heterocycles. The van der Waals surface area contributed by atoms with Crippen molar-refractivity contribution >= 4 is 75.1 Å². The number of thioether (sulfide) groups is 1. The minimum atomic E-state index is -5.59. The van der Waals surface area contributed by atoms with Gasteiger partial charge in [0, 0.05) is 43.1 Å². The van der Waals surface area contributed by atoms with Crippen LogP contribution in [0.3, 0.4) is 0 Å². The number of carbonyl (C=O) groups excluding carboxylic acids is 4. The smallest absolute Gasteiger partial charge is 0.550 e. The van der Waals surface area contributed by atoms with Crippen LogP contribution in [-0.4, -0.2) is 129 Å². The van der Waals surface area contributed by atoms with Crippen molar-refractivity contribution in [2.45, 2.75) is 63.8 Å². The summed E-state index contributed by atoms with van der Waals surface area (Å²) in [7, 11) is -16.4. The second-order valence-electron chi connectivity index (χ2n) is 12.2. The molecule has 10 N–H and O–H groups in total. The number of nitrogens with two attached hydrogens (primary N) is 1. The number of phosphoric ester groups is 3. The predicted octanol–water partition coefficient (Wildman–Crippen LogP) is -5.80. The van der Waals surface area contributed by atoms with E-state index in [2.05, 4.69) is 34.4 Å². The number of carboxylic acid groups (broad SMARTS) is 1. The Morgan fingerprint density at radius 1 is 1.04 bits per heavy atom. The number of rotatable bonds is 22. The Balaban J connectivity index is 0.0000108. The van der Waals surface area contributed by atoms with Crippen molar-refractivity contribution in [1.82, 2.24) is 30.2 Å². The van der Waals surface area contributed by atoms with Crippen LogP contribution < -0.4 is 51.0 Å². The first-order valence-corrected chi connectivity index (χ1v) is 21.2. The summed E-state index contributed by atoms with van der Waals surface area (Å²) in [6, 6.07) is 0. The molecule has 3 rings (SSSR count). The molecule has 3 heterocycles. The van der Waals surface area contributed by atoms with Crippen molar-refractivity contribution in [3.8, 4) is 0 Å². The quantitative estimate of drug-likeness (QED) is 0.0302. The summed E-state index contributed by atoms with van der Waals surface area (Å²) in [5.74, 6) is -2.80. The van der Waals surface area contributed by atoms with E-state index < -0.39 is 102 Å². The first-order valence-electron chi connectivity index (χ1n) is 15.7. The number of nitrogens with one attached hydrogen (secondary N) is 2. The number of aliphatic hydroxyl groups excluding tert-OH is 2. The second-order valence-corrected chi connectivity index (χ2v) is 17.5. The Bertz CT molecular complexity index is 1850. The molecular formula is C25H39N7NaO19P3S. The van der Waals surface area contributed by atoms with Crippen LogP contribution >= 0.6 is 35.2 Å². The summed E-state index contributed by atoms with van der Waals surface area (Å²) in [6.07, 6.45) is -7.75. The fraction of sp³-hybridized carbons (Fsp3) is 0.640. The largest absolute Gasteiger partial charge is 1.00 e. The maximum atomic E-state index is 12.6. The van der Waals surface area contributed by atoms with Crippen molar-refractivity contribution in [3.05, 3.63) is 12.7 Å². The van der Waals surface area contributed by atoms with Crippen molar-refractivity contribution in [3.63, 3.8) is 0 Å². The van der Waals surface area contributed by atoms with Gasteiger partial charge in [-0.2, -0.15) is 4.31 Å². The number of carboxylic acids is 1. The number of hydrogen-bond donors (Lipinski definition) is 9. The number of ether oxygens (including phenoxy) is 1. The van der Waals surface area contributed by atoms with Gasteiger partial charge in [0.05, 0.1) is 19.5 Å². The van der Waals surface area contributed by atoms with Crippen LogP contribution in [0, 0.1) is 5.41 Å². The standard InChI is InChI=1S/C25H40N7O19P3S.Na/c1-25(2,20(38)23(39)28-6-5-14(33)27-7-8-55-16(36)4-3-15(34)35)10-48-54(45,46)51-53(43,44)47-9-13-19(50-52(40,41)42)18(37)24(49-13)32-12-31-17-21(26)29-11-30-22(17)32;/h11-13,18-20,24,37-38H,3-10H2,1-2H3,(H,27,33)(H,28,39)(H,34,35)(H,43,44)(H,45,46)(H2,26,29,30)(H2,40,41,42);/q;+1/p-1. The number of amides is 2. The van der Waals surface area contributed by atoms with Gasteiger partial charge in [0.25, 0.3) is 0 Å². The molecule has 0 spiro atoms.